The summed E-state index contributed by atoms with van der Waals surface area (Å²) in [6.07, 6.45) is 8.51. The zero-order chi connectivity index (χ0) is 13.9. The second-order valence-corrected chi connectivity index (χ2v) is 5.71. The summed E-state index contributed by atoms with van der Waals surface area (Å²) in [4.78, 5) is 8.82. The van der Waals surface area contributed by atoms with E-state index < -0.39 is 0 Å². The van der Waals surface area contributed by atoms with Crippen molar-refractivity contribution < 1.29 is 4.52 Å². The first kappa shape index (κ1) is 13.3. The molecule has 1 aliphatic rings. The van der Waals surface area contributed by atoms with Gasteiger partial charge in [-0.15, -0.1) is 0 Å². The average Bonchev–Trinajstić information content (AvgIpc) is 3.07. The van der Waals surface area contributed by atoms with Gasteiger partial charge in [0.1, 0.15) is 5.69 Å². The van der Waals surface area contributed by atoms with Gasteiger partial charge in [-0.2, -0.15) is 4.98 Å². The van der Waals surface area contributed by atoms with E-state index in [2.05, 4.69) is 22.0 Å². The molecule has 2 atom stereocenters. The van der Waals surface area contributed by atoms with Crippen LogP contribution in [0.2, 0.25) is 0 Å². The van der Waals surface area contributed by atoms with Gasteiger partial charge in [-0.05, 0) is 18.8 Å². The Kier molecular flexibility index (Phi) is 3.82. The molecule has 0 aliphatic heterocycles. The van der Waals surface area contributed by atoms with Crippen molar-refractivity contribution in [2.75, 3.05) is 6.54 Å². The molecule has 6 nitrogen and oxygen atoms in total. The fourth-order valence-corrected chi connectivity index (χ4v) is 2.92. The number of aromatic nitrogens is 4. The Morgan fingerprint density at radius 1 is 1.45 bits per heavy atom. The highest BCUT2D eigenvalue weighted by atomic mass is 16.5. The normalized spacial score (nSPS) is 23.1. The quantitative estimate of drug-likeness (QED) is 0.924. The molecule has 2 N–H and O–H groups in total. The second kappa shape index (κ2) is 5.75. The van der Waals surface area contributed by atoms with E-state index in [0.717, 1.165) is 36.8 Å². The lowest BCUT2D eigenvalue weighted by atomic mass is 9.82. The number of rotatable bonds is 4. The molecular formula is C14H21N5O. The van der Waals surface area contributed by atoms with Crippen LogP contribution in [0.15, 0.2) is 17.0 Å². The van der Waals surface area contributed by atoms with Crippen molar-refractivity contribution in [1.29, 1.82) is 0 Å². The summed E-state index contributed by atoms with van der Waals surface area (Å²) in [6.45, 7) is 3.63. The summed E-state index contributed by atoms with van der Waals surface area (Å²) in [5.41, 5.74) is 6.25. The predicted octanol–water partition coefficient (Wildman–Crippen LogP) is 2.19. The van der Waals surface area contributed by atoms with Gasteiger partial charge in [-0.1, -0.05) is 24.9 Å². The third-order valence-corrected chi connectivity index (χ3v) is 3.98. The Hall–Kier alpha value is -1.69. The fraction of sp³-hybridized carbons (Fsp3) is 0.643. The largest absolute Gasteiger partial charge is 0.335 e. The number of imidazole rings is 1. The van der Waals surface area contributed by atoms with Crippen LogP contribution in [0.25, 0.3) is 11.6 Å². The third-order valence-electron chi connectivity index (χ3n) is 3.98. The zero-order valence-corrected chi connectivity index (χ0v) is 11.8. The predicted molar refractivity (Wildman–Crippen MR) is 74.9 cm³/mol. The second-order valence-electron chi connectivity index (χ2n) is 5.71. The van der Waals surface area contributed by atoms with Gasteiger partial charge in [0.2, 0.25) is 0 Å². The van der Waals surface area contributed by atoms with Gasteiger partial charge in [0, 0.05) is 25.2 Å². The standard InChI is InChI=1S/C14H21N5O/c1-10-3-2-4-11(7-10)13-17-14(20-18-13)12-8-19(6-5-15)9-16-12/h8-11H,2-7,15H2,1H3. The summed E-state index contributed by atoms with van der Waals surface area (Å²) >= 11 is 0. The van der Waals surface area contributed by atoms with E-state index in [1.165, 1.54) is 12.8 Å². The maximum absolute atomic E-state index is 5.52. The van der Waals surface area contributed by atoms with E-state index >= 15 is 0 Å². The Labute approximate surface area is 118 Å². The molecule has 0 aromatic carbocycles. The molecule has 6 heteroatoms. The lowest BCUT2D eigenvalue weighted by Crippen LogP contribution is -2.12. The zero-order valence-electron chi connectivity index (χ0n) is 11.8. The van der Waals surface area contributed by atoms with Crippen molar-refractivity contribution in [2.45, 2.75) is 45.1 Å². The first-order valence-corrected chi connectivity index (χ1v) is 7.32. The Balaban J connectivity index is 1.75. The maximum Gasteiger partial charge on any atom is 0.278 e. The van der Waals surface area contributed by atoms with Gasteiger partial charge in [0.15, 0.2) is 5.82 Å². The van der Waals surface area contributed by atoms with E-state index in [9.17, 15) is 0 Å². The van der Waals surface area contributed by atoms with Gasteiger partial charge in [0.05, 0.1) is 6.33 Å². The number of nitrogens with zero attached hydrogens (tertiary/aromatic N) is 4. The van der Waals surface area contributed by atoms with Crippen molar-refractivity contribution in [3.05, 3.63) is 18.3 Å². The van der Waals surface area contributed by atoms with Crippen LogP contribution >= 0.6 is 0 Å². The first-order valence-electron chi connectivity index (χ1n) is 7.32. The summed E-state index contributed by atoms with van der Waals surface area (Å²) in [5.74, 6) is 2.52. The average molecular weight is 275 g/mol. The van der Waals surface area contributed by atoms with Gasteiger partial charge in [-0.25, -0.2) is 4.98 Å². The maximum atomic E-state index is 5.52. The number of hydrogen-bond acceptors (Lipinski definition) is 5. The summed E-state index contributed by atoms with van der Waals surface area (Å²) < 4.78 is 7.29. The van der Waals surface area contributed by atoms with Crippen molar-refractivity contribution in [1.82, 2.24) is 19.7 Å². The van der Waals surface area contributed by atoms with Crippen LogP contribution in [0.4, 0.5) is 0 Å². The highest BCUT2D eigenvalue weighted by Crippen LogP contribution is 2.35. The smallest absolute Gasteiger partial charge is 0.278 e. The monoisotopic (exact) mass is 275 g/mol. The van der Waals surface area contributed by atoms with E-state index in [1.54, 1.807) is 6.33 Å². The van der Waals surface area contributed by atoms with Crippen molar-refractivity contribution in [3.63, 3.8) is 0 Å². The molecule has 0 spiro atoms. The minimum atomic E-state index is 0.433. The lowest BCUT2D eigenvalue weighted by molar-refractivity contribution is 0.324. The summed E-state index contributed by atoms with van der Waals surface area (Å²) in [5, 5.41) is 4.15. The minimum Gasteiger partial charge on any atom is -0.335 e. The molecular weight excluding hydrogens is 254 g/mol. The minimum absolute atomic E-state index is 0.433. The molecule has 0 amide bonds. The molecule has 1 fully saturated rings. The molecule has 0 radical (unpaired) electrons. The summed E-state index contributed by atoms with van der Waals surface area (Å²) in [7, 11) is 0. The van der Waals surface area contributed by atoms with Crippen LogP contribution in [-0.4, -0.2) is 26.2 Å². The summed E-state index contributed by atoms with van der Waals surface area (Å²) in [6, 6.07) is 0. The molecule has 2 unspecified atom stereocenters. The van der Waals surface area contributed by atoms with Gasteiger partial charge in [-0.3, -0.25) is 0 Å². The molecule has 2 aromatic heterocycles. The van der Waals surface area contributed by atoms with E-state index in [0.29, 0.717) is 18.4 Å². The van der Waals surface area contributed by atoms with Crippen molar-refractivity contribution >= 4 is 0 Å². The van der Waals surface area contributed by atoms with Crippen molar-refractivity contribution in [3.8, 4) is 11.6 Å². The van der Waals surface area contributed by atoms with E-state index in [1.807, 2.05) is 10.8 Å². The van der Waals surface area contributed by atoms with Gasteiger partial charge >= 0.3 is 0 Å². The number of hydrogen-bond donors (Lipinski definition) is 1. The van der Waals surface area contributed by atoms with Crippen molar-refractivity contribution in [2.24, 2.45) is 11.7 Å². The molecule has 0 saturated heterocycles. The van der Waals surface area contributed by atoms with Crippen LogP contribution in [0, 0.1) is 5.92 Å². The molecule has 1 aliphatic carbocycles. The Bertz CT molecular complexity index is 561. The van der Waals surface area contributed by atoms with Crippen LogP contribution in [0.5, 0.6) is 0 Å². The van der Waals surface area contributed by atoms with Gasteiger partial charge in [0.25, 0.3) is 5.89 Å². The number of nitrogens with two attached hydrogens (primary N) is 1. The topological polar surface area (TPSA) is 82.8 Å². The Morgan fingerprint density at radius 2 is 2.35 bits per heavy atom. The lowest BCUT2D eigenvalue weighted by Gasteiger charge is -2.23. The first-order chi connectivity index (χ1) is 9.76. The molecule has 2 heterocycles. The van der Waals surface area contributed by atoms with E-state index in [-0.39, 0.29) is 0 Å². The van der Waals surface area contributed by atoms with Crippen LogP contribution in [0.3, 0.4) is 0 Å². The van der Waals surface area contributed by atoms with Crippen LogP contribution < -0.4 is 5.73 Å². The van der Waals surface area contributed by atoms with Gasteiger partial charge < -0.3 is 14.8 Å². The Morgan fingerprint density at radius 3 is 3.15 bits per heavy atom. The molecule has 1 saturated carbocycles. The van der Waals surface area contributed by atoms with E-state index in [4.69, 9.17) is 10.3 Å². The fourth-order valence-electron chi connectivity index (χ4n) is 2.92. The van der Waals surface area contributed by atoms with Crippen LogP contribution in [0.1, 0.15) is 44.3 Å². The highest BCUT2D eigenvalue weighted by molar-refractivity contribution is 5.44. The molecule has 108 valence electrons. The molecule has 0 bridgehead atoms. The highest BCUT2D eigenvalue weighted by Gasteiger charge is 2.25. The van der Waals surface area contributed by atoms with Crippen LogP contribution in [-0.2, 0) is 6.54 Å². The molecule has 20 heavy (non-hydrogen) atoms. The molecule has 3 rings (SSSR count). The SMILES string of the molecule is CC1CCCC(c2noc(-c3cn(CCN)cn3)n2)C1. The molecule has 2 aromatic rings. The third kappa shape index (κ3) is 2.75.